The van der Waals surface area contributed by atoms with Gasteiger partial charge >= 0.3 is 0 Å². The second-order valence-electron chi connectivity index (χ2n) is 7.16. The monoisotopic (exact) mass is 321 g/mol. The van der Waals surface area contributed by atoms with Gasteiger partial charge < -0.3 is 5.11 Å². The van der Waals surface area contributed by atoms with Gasteiger partial charge in [0, 0.05) is 6.54 Å². The number of hydrogen-bond donors (Lipinski definition) is 1. The highest BCUT2D eigenvalue weighted by molar-refractivity contribution is 7.89. The third-order valence-electron chi connectivity index (χ3n) is 5.86. The summed E-state index contributed by atoms with van der Waals surface area (Å²) < 4.78 is 27.5. The molecule has 4 nitrogen and oxygen atoms in total. The molecule has 1 aliphatic heterocycles. The van der Waals surface area contributed by atoms with Crippen molar-refractivity contribution in [2.75, 3.05) is 12.3 Å². The summed E-state index contributed by atoms with van der Waals surface area (Å²) in [5.74, 6) is 0.396. The molecule has 0 amide bonds. The lowest BCUT2D eigenvalue weighted by atomic mass is 9.74. The summed E-state index contributed by atoms with van der Waals surface area (Å²) in [4.78, 5) is 0. The Balaban J connectivity index is 1.51. The van der Waals surface area contributed by atoms with Crippen molar-refractivity contribution in [3.8, 4) is 0 Å². The van der Waals surface area contributed by atoms with Crippen LogP contribution in [0.4, 0.5) is 0 Å². The number of aliphatic hydroxyl groups is 1. The summed E-state index contributed by atoms with van der Waals surface area (Å²) in [5, 5.41) is 10.2. The second-order valence-corrected chi connectivity index (χ2v) is 9.09. The molecule has 1 unspecified atom stereocenters. The molecule has 1 aromatic rings. The molecule has 120 valence electrons. The van der Waals surface area contributed by atoms with Crippen molar-refractivity contribution < 1.29 is 13.5 Å². The van der Waals surface area contributed by atoms with Crippen LogP contribution in [-0.2, 0) is 22.9 Å². The topological polar surface area (TPSA) is 57.6 Å². The van der Waals surface area contributed by atoms with Crippen LogP contribution in [0.3, 0.4) is 0 Å². The maximum atomic E-state index is 12.9. The lowest BCUT2D eigenvalue weighted by Gasteiger charge is -2.47. The van der Waals surface area contributed by atoms with Crippen LogP contribution in [-0.4, -0.2) is 41.8 Å². The van der Waals surface area contributed by atoms with Gasteiger partial charge in [-0.05, 0) is 55.6 Å². The lowest BCUT2D eigenvalue weighted by Crippen LogP contribution is -2.58. The SMILES string of the molecule is O=S(=O)(CC1Cc2ccccc2C1)N1CCC(O)C12CCC2. The molecule has 1 spiro atoms. The van der Waals surface area contributed by atoms with E-state index in [2.05, 4.69) is 12.1 Å². The van der Waals surface area contributed by atoms with E-state index in [0.717, 1.165) is 32.1 Å². The van der Waals surface area contributed by atoms with Gasteiger partial charge in [0.1, 0.15) is 0 Å². The maximum absolute atomic E-state index is 12.9. The number of hydrogen-bond acceptors (Lipinski definition) is 3. The van der Waals surface area contributed by atoms with Gasteiger partial charge in [0.05, 0.1) is 17.4 Å². The minimum absolute atomic E-state index is 0.178. The molecule has 5 heteroatoms. The van der Waals surface area contributed by atoms with Crippen molar-refractivity contribution >= 4 is 10.0 Å². The largest absolute Gasteiger partial charge is 0.391 e. The summed E-state index contributed by atoms with van der Waals surface area (Å²) in [5.41, 5.74) is 2.12. The number of benzene rings is 1. The van der Waals surface area contributed by atoms with E-state index in [9.17, 15) is 13.5 Å². The predicted octanol–water partition coefficient (Wildman–Crippen LogP) is 1.72. The minimum Gasteiger partial charge on any atom is -0.391 e. The number of sulfonamides is 1. The molecule has 1 heterocycles. The lowest BCUT2D eigenvalue weighted by molar-refractivity contribution is 0.00644. The Labute approximate surface area is 132 Å². The molecule has 2 fully saturated rings. The zero-order valence-electron chi connectivity index (χ0n) is 12.7. The van der Waals surface area contributed by atoms with Gasteiger partial charge in [-0.15, -0.1) is 0 Å². The zero-order chi connectivity index (χ0) is 15.4. The fraction of sp³-hybridized carbons (Fsp3) is 0.647. The first-order valence-electron chi connectivity index (χ1n) is 8.27. The molecular formula is C17H23NO3S. The van der Waals surface area contributed by atoms with E-state index in [4.69, 9.17) is 0 Å². The van der Waals surface area contributed by atoms with Crippen LogP contribution in [0, 0.1) is 5.92 Å². The van der Waals surface area contributed by atoms with E-state index in [1.54, 1.807) is 4.31 Å². The van der Waals surface area contributed by atoms with Crippen molar-refractivity contribution in [2.24, 2.45) is 5.92 Å². The van der Waals surface area contributed by atoms with Crippen LogP contribution in [0.5, 0.6) is 0 Å². The first kappa shape index (κ1) is 14.7. The van der Waals surface area contributed by atoms with Crippen LogP contribution < -0.4 is 0 Å². The van der Waals surface area contributed by atoms with Gasteiger partial charge in [0.25, 0.3) is 0 Å². The number of aliphatic hydroxyl groups excluding tert-OH is 1. The molecule has 1 aromatic carbocycles. The highest BCUT2D eigenvalue weighted by Crippen LogP contribution is 2.47. The van der Waals surface area contributed by atoms with Gasteiger partial charge in [-0.1, -0.05) is 24.3 Å². The van der Waals surface area contributed by atoms with Crippen LogP contribution >= 0.6 is 0 Å². The van der Waals surface area contributed by atoms with Gasteiger partial charge in [-0.3, -0.25) is 0 Å². The van der Waals surface area contributed by atoms with Crippen molar-refractivity contribution in [3.63, 3.8) is 0 Å². The number of rotatable bonds is 3. The fourth-order valence-electron chi connectivity index (χ4n) is 4.59. The third-order valence-corrected chi connectivity index (χ3v) is 7.97. The Bertz CT molecular complexity index is 656. The van der Waals surface area contributed by atoms with Crippen molar-refractivity contribution in [3.05, 3.63) is 35.4 Å². The second kappa shape index (κ2) is 5.05. The van der Waals surface area contributed by atoms with E-state index in [0.29, 0.717) is 13.0 Å². The van der Waals surface area contributed by atoms with E-state index < -0.39 is 21.7 Å². The molecule has 22 heavy (non-hydrogen) atoms. The van der Waals surface area contributed by atoms with E-state index in [-0.39, 0.29) is 11.7 Å². The van der Waals surface area contributed by atoms with Gasteiger partial charge in [0.2, 0.25) is 10.0 Å². The molecule has 1 N–H and O–H groups in total. The van der Waals surface area contributed by atoms with E-state index in [1.807, 2.05) is 12.1 Å². The van der Waals surface area contributed by atoms with Crippen molar-refractivity contribution in [1.29, 1.82) is 0 Å². The molecule has 0 bridgehead atoms. The number of nitrogens with zero attached hydrogens (tertiary/aromatic N) is 1. The highest BCUT2D eigenvalue weighted by atomic mass is 32.2. The zero-order valence-corrected chi connectivity index (χ0v) is 13.6. The molecule has 1 atom stereocenters. The summed E-state index contributed by atoms with van der Waals surface area (Å²) in [6.45, 7) is 0.489. The fourth-order valence-corrected chi connectivity index (χ4v) is 6.84. The molecule has 3 aliphatic rings. The Morgan fingerprint density at radius 2 is 1.82 bits per heavy atom. The third kappa shape index (κ3) is 2.14. The Morgan fingerprint density at radius 1 is 1.18 bits per heavy atom. The highest BCUT2D eigenvalue weighted by Gasteiger charge is 2.56. The average Bonchev–Trinajstić information content (AvgIpc) is 2.97. The first-order chi connectivity index (χ1) is 10.5. The molecule has 0 aromatic heterocycles. The van der Waals surface area contributed by atoms with Gasteiger partial charge in [0.15, 0.2) is 0 Å². The maximum Gasteiger partial charge on any atom is 0.214 e. The Kier molecular flexibility index (Phi) is 3.36. The van der Waals surface area contributed by atoms with Crippen LogP contribution in [0.25, 0.3) is 0 Å². The van der Waals surface area contributed by atoms with E-state index in [1.165, 1.54) is 11.1 Å². The molecule has 0 radical (unpaired) electrons. The minimum atomic E-state index is -3.29. The van der Waals surface area contributed by atoms with Crippen LogP contribution in [0.15, 0.2) is 24.3 Å². The normalized spacial score (nSPS) is 28.0. The summed E-state index contributed by atoms with van der Waals surface area (Å²) in [6.07, 6.45) is 4.49. The molecule has 1 saturated carbocycles. The average molecular weight is 321 g/mol. The van der Waals surface area contributed by atoms with Crippen LogP contribution in [0.1, 0.15) is 36.8 Å². The first-order valence-corrected chi connectivity index (χ1v) is 9.88. The summed E-state index contributed by atoms with van der Waals surface area (Å²) in [7, 11) is -3.29. The number of fused-ring (bicyclic) bond motifs is 1. The Hall–Kier alpha value is -0.910. The predicted molar refractivity (Wildman–Crippen MR) is 85.0 cm³/mol. The Morgan fingerprint density at radius 3 is 2.36 bits per heavy atom. The van der Waals surface area contributed by atoms with Gasteiger partial charge in [-0.25, -0.2) is 8.42 Å². The molecule has 2 aliphatic carbocycles. The summed E-state index contributed by atoms with van der Waals surface area (Å²) >= 11 is 0. The smallest absolute Gasteiger partial charge is 0.214 e. The van der Waals surface area contributed by atoms with E-state index >= 15 is 0 Å². The van der Waals surface area contributed by atoms with Crippen molar-refractivity contribution in [1.82, 2.24) is 4.31 Å². The quantitative estimate of drug-likeness (QED) is 0.922. The molecule has 1 saturated heterocycles. The molecular weight excluding hydrogens is 298 g/mol. The van der Waals surface area contributed by atoms with Crippen LogP contribution in [0.2, 0.25) is 0 Å². The summed E-state index contributed by atoms with van der Waals surface area (Å²) in [6, 6.07) is 8.26. The molecule has 4 rings (SSSR count). The van der Waals surface area contributed by atoms with Crippen molar-refractivity contribution in [2.45, 2.75) is 50.2 Å². The standard InChI is InChI=1S/C17H23NO3S/c19-16-6-9-18(17(16)7-3-8-17)22(20,21)12-13-10-14-4-1-2-5-15(14)11-13/h1-2,4-5,13,16,19H,3,6-12H2. The van der Waals surface area contributed by atoms with Gasteiger partial charge in [-0.2, -0.15) is 4.31 Å².